The molecular weight excluding hydrogens is 268 g/mol. The summed E-state index contributed by atoms with van der Waals surface area (Å²) < 4.78 is 2.89. The summed E-state index contributed by atoms with van der Waals surface area (Å²) in [6.07, 6.45) is 4.39. The zero-order valence-corrected chi connectivity index (χ0v) is 9.81. The highest BCUT2D eigenvalue weighted by molar-refractivity contribution is 9.10. The van der Waals surface area contributed by atoms with Crippen molar-refractivity contribution in [1.82, 2.24) is 9.38 Å². The maximum atomic E-state index is 10.7. The Hall–Kier alpha value is -1.68. The van der Waals surface area contributed by atoms with Crippen molar-refractivity contribution in [2.24, 2.45) is 0 Å². The van der Waals surface area contributed by atoms with E-state index in [1.54, 1.807) is 6.20 Å². The molecule has 0 aliphatic carbocycles. The first-order chi connectivity index (χ1) is 7.78. The van der Waals surface area contributed by atoms with Gasteiger partial charge < -0.3 is 4.40 Å². The Balaban J connectivity index is 2.48. The molecule has 0 amide bonds. The van der Waals surface area contributed by atoms with E-state index in [0.717, 1.165) is 27.2 Å². The van der Waals surface area contributed by atoms with E-state index in [1.807, 2.05) is 34.9 Å². The van der Waals surface area contributed by atoms with Gasteiger partial charge in [0.25, 0.3) is 0 Å². The Morgan fingerprint density at radius 3 is 3.00 bits per heavy atom. The molecule has 78 valence electrons. The lowest BCUT2D eigenvalue weighted by atomic mass is 10.2. The second-order valence-corrected chi connectivity index (χ2v) is 4.48. The number of aldehydes is 1. The zero-order chi connectivity index (χ0) is 11.1. The molecule has 0 saturated heterocycles. The number of imidazole rings is 1. The summed E-state index contributed by atoms with van der Waals surface area (Å²) in [5.74, 6) is 0. The number of benzene rings is 1. The van der Waals surface area contributed by atoms with Crippen LogP contribution in [0.2, 0.25) is 0 Å². The molecule has 16 heavy (non-hydrogen) atoms. The second-order valence-electron chi connectivity index (χ2n) is 3.56. The molecule has 2 aromatic heterocycles. The van der Waals surface area contributed by atoms with Crippen LogP contribution in [0, 0.1) is 0 Å². The van der Waals surface area contributed by atoms with Crippen LogP contribution < -0.4 is 0 Å². The fourth-order valence-corrected chi connectivity index (χ4v) is 2.20. The quantitative estimate of drug-likeness (QED) is 0.640. The first-order valence-electron chi connectivity index (χ1n) is 4.80. The van der Waals surface area contributed by atoms with Gasteiger partial charge in [-0.1, -0.05) is 15.9 Å². The van der Waals surface area contributed by atoms with Gasteiger partial charge in [-0.2, -0.15) is 0 Å². The van der Waals surface area contributed by atoms with E-state index in [2.05, 4.69) is 20.9 Å². The molecule has 0 unspecified atom stereocenters. The van der Waals surface area contributed by atoms with Gasteiger partial charge in [-0.15, -0.1) is 0 Å². The standard InChI is InChI=1S/C12H7BrN2O/c13-9-1-2-11-8(5-9)3-4-15-6-10(7-16)14-12(11)15/h1-7H. The highest BCUT2D eigenvalue weighted by atomic mass is 79.9. The van der Waals surface area contributed by atoms with Crippen LogP contribution in [-0.4, -0.2) is 15.7 Å². The predicted octanol–water partition coefficient (Wildman–Crippen LogP) is 3.06. The minimum atomic E-state index is 0.454. The highest BCUT2D eigenvalue weighted by Crippen LogP contribution is 2.23. The van der Waals surface area contributed by atoms with E-state index < -0.39 is 0 Å². The van der Waals surface area contributed by atoms with Crippen LogP contribution in [-0.2, 0) is 0 Å². The van der Waals surface area contributed by atoms with Crippen LogP contribution >= 0.6 is 15.9 Å². The fraction of sp³-hybridized carbons (Fsp3) is 0. The van der Waals surface area contributed by atoms with Gasteiger partial charge in [-0.05, 0) is 29.7 Å². The molecule has 0 aliphatic heterocycles. The second kappa shape index (κ2) is 3.42. The van der Waals surface area contributed by atoms with Gasteiger partial charge in [0.05, 0.1) is 0 Å². The summed E-state index contributed by atoms with van der Waals surface area (Å²) in [7, 11) is 0. The van der Waals surface area contributed by atoms with Gasteiger partial charge in [0.2, 0.25) is 0 Å². The van der Waals surface area contributed by atoms with Gasteiger partial charge in [0.1, 0.15) is 11.3 Å². The monoisotopic (exact) mass is 274 g/mol. The van der Waals surface area contributed by atoms with E-state index in [1.165, 1.54) is 0 Å². The number of pyridine rings is 1. The Kier molecular flexibility index (Phi) is 2.04. The molecule has 1 aromatic carbocycles. The molecule has 0 bridgehead atoms. The Bertz CT molecular complexity index is 703. The number of aromatic nitrogens is 2. The van der Waals surface area contributed by atoms with E-state index in [0.29, 0.717) is 5.69 Å². The van der Waals surface area contributed by atoms with Crippen molar-refractivity contribution in [3.8, 4) is 0 Å². The summed E-state index contributed by atoms with van der Waals surface area (Å²) in [5.41, 5.74) is 1.27. The number of fused-ring (bicyclic) bond motifs is 3. The predicted molar refractivity (Wildman–Crippen MR) is 65.8 cm³/mol. The third-order valence-electron chi connectivity index (χ3n) is 2.54. The molecule has 4 heteroatoms. The van der Waals surface area contributed by atoms with Gasteiger partial charge in [0, 0.05) is 22.3 Å². The average Bonchev–Trinajstić information content (AvgIpc) is 2.71. The summed E-state index contributed by atoms with van der Waals surface area (Å²) in [6, 6.07) is 8.00. The Labute approximate surface area is 99.8 Å². The van der Waals surface area contributed by atoms with Gasteiger partial charge in [-0.25, -0.2) is 4.98 Å². The topological polar surface area (TPSA) is 34.4 Å². The van der Waals surface area contributed by atoms with Crippen molar-refractivity contribution >= 4 is 38.6 Å². The van der Waals surface area contributed by atoms with E-state index in [9.17, 15) is 4.79 Å². The lowest BCUT2D eigenvalue weighted by Crippen LogP contribution is -1.84. The smallest absolute Gasteiger partial charge is 0.170 e. The number of hydrogen-bond acceptors (Lipinski definition) is 2. The van der Waals surface area contributed by atoms with Crippen LogP contribution in [0.1, 0.15) is 10.5 Å². The van der Waals surface area contributed by atoms with Crippen LogP contribution in [0.15, 0.2) is 41.1 Å². The number of halogens is 1. The summed E-state index contributed by atoms with van der Waals surface area (Å²) in [5, 5.41) is 2.14. The number of carbonyl (C=O) groups excluding carboxylic acids is 1. The fourth-order valence-electron chi connectivity index (χ4n) is 1.82. The highest BCUT2D eigenvalue weighted by Gasteiger charge is 2.04. The summed E-state index contributed by atoms with van der Waals surface area (Å²) >= 11 is 3.43. The molecule has 0 fully saturated rings. The molecule has 3 aromatic rings. The van der Waals surface area contributed by atoms with Crippen LogP contribution in [0.25, 0.3) is 16.4 Å². The normalized spacial score (nSPS) is 11.1. The van der Waals surface area contributed by atoms with Crippen molar-refractivity contribution in [3.05, 3.63) is 46.8 Å². The lowest BCUT2D eigenvalue weighted by molar-refractivity contribution is 0.111. The molecule has 0 radical (unpaired) electrons. The average molecular weight is 275 g/mol. The minimum Gasteiger partial charge on any atom is -0.306 e. The Morgan fingerprint density at radius 1 is 1.31 bits per heavy atom. The number of nitrogens with zero attached hydrogens (tertiary/aromatic N) is 2. The third kappa shape index (κ3) is 1.34. The van der Waals surface area contributed by atoms with E-state index in [-0.39, 0.29) is 0 Å². The molecule has 0 aliphatic rings. The molecule has 0 N–H and O–H groups in total. The van der Waals surface area contributed by atoms with Crippen LogP contribution in [0.3, 0.4) is 0 Å². The summed E-state index contributed by atoms with van der Waals surface area (Å²) in [6.45, 7) is 0. The molecule has 3 rings (SSSR count). The summed E-state index contributed by atoms with van der Waals surface area (Å²) in [4.78, 5) is 15.0. The van der Waals surface area contributed by atoms with Crippen molar-refractivity contribution in [2.75, 3.05) is 0 Å². The van der Waals surface area contributed by atoms with Gasteiger partial charge in [0.15, 0.2) is 6.29 Å². The molecule has 3 nitrogen and oxygen atoms in total. The number of carbonyl (C=O) groups is 1. The number of rotatable bonds is 1. The minimum absolute atomic E-state index is 0.454. The maximum absolute atomic E-state index is 10.7. The van der Waals surface area contributed by atoms with Crippen LogP contribution in [0.5, 0.6) is 0 Å². The molecule has 0 saturated carbocycles. The molecular formula is C12H7BrN2O. The largest absolute Gasteiger partial charge is 0.306 e. The van der Waals surface area contributed by atoms with E-state index in [4.69, 9.17) is 0 Å². The molecule has 2 heterocycles. The van der Waals surface area contributed by atoms with Crippen molar-refractivity contribution in [3.63, 3.8) is 0 Å². The molecule has 0 spiro atoms. The zero-order valence-electron chi connectivity index (χ0n) is 8.22. The maximum Gasteiger partial charge on any atom is 0.170 e. The first-order valence-corrected chi connectivity index (χ1v) is 5.59. The molecule has 0 atom stereocenters. The third-order valence-corrected chi connectivity index (χ3v) is 3.03. The SMILES string of the molecule is O=Cc1cn2ccc3cc(Br)ccc3c2n1. The number of hydrogen-bond donors (Lipinski definition) is 0. The van der Waals surface area contributed by atoms with Crippen molar-refractivity contribution in [2.45, 2.75) is 0 Å². The first kappa shape index (κ1) is 9.54. The van der Waals surface area contributed by atoms with E-state index >= 15 is 0 Å². The lowest BCUT2D eigenvalue weighted by Gasteiger charge is -2.00. The van der Waals surface area contributed by atoms with Crippen molar-refractivity contribution < 1.29 is 4.79 Å². The van der Waals surface area contributed by atoms with Gasteiger partial charge >= 0.3 is 0 Å². The Morgan fingerprint density at radius 2 is 2.19 bits per heavy atom. The van der Waals surface area contributed by atoms with Gasteiger partial charge in [-0.3, -0.25) is 4.79 Å². The van der Waals surface area contributed by atoms with Crippen LogP contribution in [0.4, 0.5) is 0 Å². The van der Waals surface area contributed by atoms with Crippen molar-refractivity contribution in [1.29, 1.82) is 0 Å².